The molecule has 0 radical (unpaired) electrons. The predicted molar refractivity (Wildman–Crippen MR) is 95.9 cm³/mol. The minimum Gasteiger partial charge on any atom is -0.352 e. The summed E-state index contributed by atoms with van der Waals surface area (Å²) in [7, 11) is 3.36. The molecule has 0 aliphatic carbocycles. The van der Waals surface area contributed by atoms with E-state index in [1.165, 1.54) is 10.5 Å². The lowest BCUT2D eigenvalue weighted by atomic mass is 10.1. The van der Waals surface area contributed by atoms with Crippen molar-refractivity contribution in [2.24, 2.45) is 0 Å². The van der Waals surface area contributed by atoms with Crippen molar-refractivity contribution in [3.63, 3.8) is 0 Å². The van der Waals surface area contributed by atoms with Crippen molar-refractivity contribution in [1.29, 1.82) is 0 Å². The number of amides is 3. The largest absolute Gasteiger partial charge is 0.352 e. The second-order valence-electron chi connectivity index (χ2n) is 5.96. The van der Waals surface area contributed by atoms with Crippen LogP contribution >= 0.6 is 0 Å². The summed E-state index contributed by atoms with van der Waals surface area (Å²) >= 11 is 0. The molecule has 0 aliphatic rings. The molecule has 2 N–H and O–H groups in total. The van der Waals surface area contributed by atoms with E-state index in [-0.39, 0.29) is 18.4 Å². The average Bonchev–Trinajstić information content (AvgIpc) is 2.54. The van der Waals surface area contributed by atoms with Crippen molar-refractivity contribution in [3.05, 3.63) is 65.2 Å². The Labute approximate surface area is 142 Å². The van der Waals surface area contributed by atoms with Crippen LogP contribution in [0.3, 0.4) is 0 Å². The molecule has 0 saturated heterocycles. The van der Waals surface area contributed by atoms with Crippen LogP contribution in [0.1, 0.15) is 16.7 Å². The number of urea groups is 1. The van der Waals surface area contributed by atoms with E-state index in [0.29, 0.717) is 12.2 Å². The molecule has 0 atom stereocenters. The molecule has 2 aromatic carbocycles. The van der Waals surface area contributed by atoms with Gasteiger partial charge in [-0.2, -0.15) is 0 Å². The fraction of sp³-hybridized carbons (Fsp3) is 0.263. The first kappa shape index (κ1) is 17.5. The number of rotatable bonds is 5. The maximum Gasteiger partial charge on any atom is 0.321 e. The van der Waals surface area contributed by atoms with Crippen LogP contribution < -0.4 is 10.6 Å². The molecule has 0 heterocycles. The lowest BCUT2D eigenvalue weighted by Crippen LogP contribution is -2.27. The van der Waals surface area contributed by atoms with Crippen LogP contribution in [0.4, 0.5) is 10.5 Å². The van der Waals surface area contributed by atoms with Gasteiger partial charge < -0.3 is 15.5 Å². The van der Waals surface area contributed by atoms with Gasteiger partial charge in [0.15, 0.2) is 0 Å². The van der Waals surface area contributed by atoms with E-state index in [1.807, 2.05) is 49.4 Å². The Kier molecular flexibility index (Phi) is 5.95. The lowest BCUT2D eigenvalue weighted by Gasteiger charge is -2.12. The van der Waals surface area contributed by atoms with Gasteiger partial charge in [0.2, 0.25) is 5.91 Å². The van der Waals surface area contributed by atoms with E-state index in [1.54, 1.807) is 20.2 Å². The minimum absolute atomic E-state index is 0.0494. The summed E-state index contributed by atoms with van der Waals surface area (Å²) in [4.78, 5) is 25.2. The van der Waals surface area contributed by atoms with Crippen molar-refractivity contribution in [1.82, 2.24) is 10.2 Å². The number of benzene rings is 2. The zero-order valence-corrected chi connectivity index (χ0v) is 14.3. The molecule has 24 heavy (non-hydrogen) atoms. The Hall–Kier alpha value is -2.82. The van der Waals surface area contributed by atoms with E-state index in [2.05, 4.69) is 10.6 Å². The van der Waals surface area contributed by atoms with Crippen molar-refractivity contribution < 1.29 is 9.59 Å². The van der Waals surface area contributed by atoms with E-state index >= 15 is 0 Å². The van der Waals surface area contributed by atoms with Crippen molar-refractivity contribution in [3.8, 4) is 0 Å². The van der Waals surface area contributed by atoms with Crippen LogP contribution in [0.5, 0.6) is 0 Å². The van der Waals surface area contributed by atoms with Crippen molar-refractivity contribution in [2.75, 3.05) is 19.4 Å². The van der Waals surface area contributed by atoms with Crippen LogP contribution in [-0.4, -0.2) is 30.9 Å². The first-order valence-corrected chi connectivity index (χ1v) is 7.83. The van der Waals surface area contributed by atoms with E-state index in [9.17, 15) is 9.59 Å². The zero-order valence-electron chi connectivity index (χ0n) is 14.3. The number of anilines is 1. The Bertz CT molecular complexity index is 709. The molecule has 0 unspecified atom stereocenters. The normalized spacial score (nSPS) is 10.1. The topological polar surface area (TPSA) is 61.4 Å². The molecule has 0 bridgehead atoms. The van der Waals surface area contributed by atoms with E-state index < -0.39 is 0 Å². The van der Waals surface area contributed by atoms with Gasteiger partial charge in [0.25, 0.3) is 0 Å². The molecule has 0 aliphatic heterocycles. The fourth-order valence-corrected chi connectivity index (χ4v) is 2.15. The Morgan fingerprint density at radius 3 is 2.38 bits per heavy atom. The highest BCUT2D eigenvalue weighted by atomic mass is 16.2. The van der Waals surface area contributed by atoms with Gasteiger partial charge in [-0.25, -0.2) is 4.79 Å². The van der Waals surface area contributed by atoms with Crippen LogP contribution in [-0.2, 0) is 17.8 Å². The fourth-order valence-electron chi connectivity index (χ4n) is 2.15. The number of hydrogen-bond donors (Lipinski definition) is 2. The van der Waals surface area contributed by atoms with Gasteiger partial charge in [-0.15, -0.1) is 0 Å². The van der Waals surface area contributed by atoms with Crippen LogP contribution in [0.15, 0.2) is 48.5 Å². The second kappa shape index (κ2) is 8.15. The Morgan fingerprint density at radius 1 is 1.00 bits per heavy atom. The summed E-state index contributed by atoms with van der Waals surface area (Å²) in [6.07, 6.45) is 0.275. The smallest absolute Gasteiger partial charge is 0.321 e. The number of nitrogens with one attached hydrogen (secondary N) is 2. The summed E-state index contributed by atoms with van der Waals surface area (Å²) in [5.41, 5.74) is 3.80. The molecule has 0 spiro atoms. The molecule has 0 aromatic heterocycles. The Morgan fingerprint density at radius 2 is 1.71 bits per heavy atom. The molecule has 5 heteroatoms. The number of aryl methyl sites for hydroxylation is 1. The van der Waals surface area contributed by atoms with Gasteiger partial charge in [-0.1, -0.05) is 42.0 Å². The summed E-state index contributed by atoms with van der Waals surface area (Å²) < 4.78 is 0. The minimum atomic E-state index is -0.198. The van der Waals surface area contributed by atoms with Gasteiger partial charge in [0, 0.05) is 26.3 Å². The van der Waals surface area contributed by atoms with Gasteiger partial charge in [-0.05, 0) is 30.2 Å². The summed E-state index contributed by atoms with van der Waals surface area (Å²) in [6, 6.07) is 15.2. The van der Waals surface area contributed by atoms with Crippen molar-refractivity contribution in [2.45, 2.75) is 19.9 Å². The molecule has 5 nitrogen and oxygen atoms in total. The standard InChI is InChI=1S/C19H23N3O2/c1-14-7-9-15(10-8-14)13-20-18(23)12-16-5-4-6-17(11-16)21-19(24)22(2)3/h4-11H,12-13H2,1-3H3,(H,20,23)(H,21,24). The quantitative estimate of drug-likeness (QED) is 0.888. The van der Waals surface area contributed by atoms with Gasteiger partial charge in [0.05, 0.1) is 6.42 Å². The maximum absolute atomic E-state index is 12.1. The van der Waals surface area contributed by atoms with Gasteiger partial charge in [0.1, 0.15) is 0 Å². The highest BCUT2D eigenvalue weighted by Crippen LogP contribution is 2.12. The SMILES string of the molecule is Cc1ccc(CNC(=O)Cc2cccc(NC(=O)N(C)C)c2)cc1. The predicted octanol–water partition coefficient (Wildman–Crippen LogP) is 2.95. The summed E-state index contributed by atoms with van der Waals surface area (Å²) in [5.74, 6) is -0.0494. The van der Waals surface area contributed by atoms with Gasteiger partial charge >= 0.3 is 6.03 Å². The molecule has 0 fully saturated rings. The molecular weight excluding hydrogens is 302 g/mol. The average molecular weight is 325 g/mol. The number of carbonyl (C=O) groups is 2. The zero-order chi connectivity index (χ0) is 17.5. The number of nitrogens with zero attached hydrogens (tertiary/aromatic N) is 1. The Balaban J connectivity index is 1.89. The van der Waals surface area contributed by atoms with Crippen LogP contribution in [0.2, 0.25) is 0 Å². The number of hydrogen-bond acceptors (Lipinski definition) is 2. The molecule has 3 amide bonds. The first-order valence-electron chi connectivity index (χ1n) is 7.83. The van der Waals surface area contributed by atoms with E-state index in [0.717, 1.165) is 11.1 Å². The van der Waals surface area contributed by atoms with Crippen LogP contribution in [0, 0.1) is 6.92 Å². The summed E-state index contributed by atoms with van der Waals surface area (Å²) in [5, 5.41) is 5.68. The third kappa shape index (κ3) is 5.43. The van der Waals surface area contributed by atoms with Crippen LogP contribution in [0.25, 0.3) is 0 Å². The summed E-state index contributed by atoms with van der Waals surface area (Å²) in [6.45, 7) is 2.54. The maximum atomic E-state index is 12.1. The van der Waals surface area contributed by atoms with Gasteiger partial charge in [-0.3, -0.25) is 4.79 Å². The highest BCUT2D eigenvalue weighted by molar-refractivity contribution is 5.89. The highest BCUT2D eigenvalue weighted by Gasteiger charge is 2.07. The third-order valence-electron chi connectivity index (χ3n) is 3.56. The second-order valence-corrected chi connectivity index (χ2v) is 5.96. The third-order valence-corrected chi connectivity index (χ3v) is 3.56. The lowest BCUT2D eigenvalue weighted by molar-refractivity contribution is -0.120. The molecule has 2 rings (SSSR count). The van der Waals surface area contributed by atoms with E-state index in [4.69, 9.17) is 0 Å². The molecule has 2 aromatic rings. The first-order chi connectivity index (χ1) is 11.4. The molecule has 126 valence electrons. The molecule has 0 saturated carbocycles. The molecular formula is C19H23N3O2. The number of carbonyl (C=O) groups excluding carboxylic acids is 2. The van der Waals surface area contributed by atoms with Crippen molar-refractivity contribution >= 4 is 17.6 Å². The monoisotopic (exact) mass is 325 g/mol.